The second kappa shape index (κ2) is 8.70. The lowest BCUT2D eigenvalue weighted by atomic mass is 10.0. The lowest BCUT2D eigenvalue weighted by Crippen LogP contribution is -2.22. The second-order valence-corrected chi connectivity index (χ2v) is 7.52. The van der Waals surface area contributed by atoms with Crippen LogP contribution in [0.4, 0.5) is 0 Å². The predicted octanol–water partition coefficient (Wildman–Crippen LogP) is 5.48. The van der Waals surface area contributed by atoms with Gasteiger partial charge in [-0.05, 0) is 75.7 Å². The Kier molecular flexibility index (Phi) is 6.28. The summed E-state index contributed by atoms with van der Waals surface area (Å²) in [7, 11) is 5.47. The number of methoxy groups -OCH3 is 2. The van der Waals surface area contributed by atoms with Crippen LogP contribution >= 0.6 is 0 Å². The fraction of sp³-hybridized carbons (Fsp3) is 0.375. The molecular weight excluding hydrogens is 364 g/mol. The molecule has 5 nitrogen and oxygen atoms in total. The summed E-state index contributed by atoms with van der Waals surface area (Å²) in [5.41, 5.74) is 5.34. The van der Waals surface area contributed by atoms with Gasteiger partial charge < -0.3 is 13.9 Å². The molecule has 3 aromatic rings. The van der Waals surface area contributed by atoms with Crippen molar-refractivity contribution in [1.29, 1.82) is 0 Å². The molecule has 1 unspecified atom stereocenters. The van der Waals surface area contributed by atoms with Crippen LogP contribution in [0.15, 0.2) is 40.8 Å². The molecule has 1 aromatic heterocycles. The summed E-state index contributed by atoms with van der Waals surface area (Å²) < 4.78 is 16.7. The first-order valence-corrected chi connectivity index (χ1v) is 9.80. The molecule has 0 spiro atoms. The van der Waals surface area contributed by atoms with Crippen molar-refractivity contribution < 1.29 is 13.9 Å². The molecule has 1 heterocycles. The number of rotatable bonds is 7. The number of aryl methyl sites for hydroxylation is 3. The van der Waals surface area contributed by atoms with E-state index in [1.165, 1.54) is 5.56 Å². The molecule has 5 heteroatoms. The van der Waals surface area contributed by atoms with Gasteiger partial charge in [0.05, 0.1) is 19.9 Å². The highest BCUT2D eigenvalue weighted by Crippen LogP contribution is 2.31. The summed E-state index contributed by atoms with van der Waals surface area (Å²) >= 11 is 0. The summed E-state index contributed by atoms with van der Waals surface area (Å²) in [6.07, 6.45) is 0. The SMILES string of the molecule is COc1ccc(C(C)N(C)Cc2nc(-c3cc(C)c(OC)cc3C)oc2C)cc1. The van der Waals surface area contributed by atoms with Gasteiger partial charge in [0.1, 0.15) is 17.3 Å². The third-order valence-electron chi connectivity index (χ3n) is 5.52. The van der Waals surface area contributed by atoms with E-state index in [4.69, 9.17) is 18.9 Å². The molecule has 3 rings (SSSR count). The summed E-state index contributed by atoms with van der Waals surface area (Å²) in [5.74, 6) is 3.25. The zero-order valence-electron chi connectivity index (χ0n) is 18.4. The van der Waals surface area contributed by atoms with Gasteiger partial charge in [0.25, 0.3) is 0 Å². The molecule has 0 radical (unpaired) electrons. The number of hydrogen-bond acceptors (Lipinski definition) is 5. The van der Waals surface area contributed by atoms with E-state index in [0.29, 0.717) is 12.4 Å². The quantitative estimate of drug-likeness (QED) is 0.531. The number of benzene rings is 2. The minimum Gasteiger partial charge on any atom is -0.497 e. The van der Waals surface area contributed by atoms with Crippen molar-refractivity contribution in [2.24, 2.45) is 0 Å². The Morgan fingerprint density at radius 1 is 1.00 bits per heavy atom. The van der Waals surface area contributed by atoms with Gasteiger partial charge in [0.15, 0.2) is 0 Å². The van der Waals surface area contributed by atoms with Crippen LogP contribution in [0, 0.1) is 20.8 Å². The molecule has 0 saturated carbocycles. The van der Waals surface area contributed by atoms with Crippen molar-refractivity contribution in [1.82, 2.24) is 9.88 Å². The maximum atomic E-state index is 6.03. The van der Waals surface area contributed by atoms with Crippen molar-refractivity contribution in [2.75, 3.05) is 21.3 Å². The van der Waals surface area contributed by atoms with Gasteiger partial charge in [-0.2, -0.15) is 0 Å². The van der Waals surface area contributed by atoms with E-state index in [-0.39, 0.29) is 6.04 Å². The number of oxazole rings is 1. The fourth-order valence-corrected chi connectivity index (χ4v) is 3.44. The highest BCUT2D eigenvalue weighted by Gasteiger charge is 2.19. The van der Waals surface area contributed by atoms with Gasteiger partial charge >= 0.3 is 0 Å². The molecular formula is C24H30N2O3. The first-order valence-electron chi connectivity index (χ1n) is 9.80. The molecule has 154 valence electrons. The Morgan fingerprint density at radius 3 is 2.31 bits per heavy atom. The Morgan fingerprint density at radius 2 is 1.69 bits per heavy atom. The second-order valence-electron chi connectivity index (χ2n) is 7.52. The van der Waals surface area contributed by atoms with Crippen molar-refractivity contribution in [2.45, 2.75) is 40.3 Å². The average Bonchev–Trinajstić information content (AvgIpc) is 3.08. The minimum atomic E-state index is 0.241. The van der Waals surface area contributed by atoms with E-state index in [0.717, 1.165) is 39.6 Å². The maximum absolute atomic E-state index is 6.03. The van der Waals surface area contributed by atoms with Crippen LogP contribution in [0.2, 0.25) is 0 Å². The smallest absolute Gasteiger partial charge is 0.226 e. The summed E-state index contributed by atoms with van der Waals surface area (Å²) in [6.45, 7) is 8.95. The maximum Gasteiger partial charge on any atom is 0.226 e. The van der Waals surface area contributed by atoms with Gasteiger partial charge in [-0.3, -0.25) is 4.90 Å². The largest absolute Gasteiger partial charge is 0.497 e. The standard InChI is InChI=1S/C24H30N2O3/c1-15-13-23(28-7)16(2)12-21(15)24-25-22(18(4)29-24)14-26(5)17(3)19-8-10-20(27-6)11-9-19/h8-13,17H,14H2,1-7H3. The Balaban J connectivity index is 1.80. The van der Waals surface area contributed by atoms with Crippen molar-refractivity contribution >= 4 is 0 Å². The van der Waals surface area contributed by atoms with Gasteiger partial charge in [0, 0.05) is 18.2 Å². The highest BCUT2D eigenvalue weighted by molar-refractivity contribution is 5.62. The van der Waals surface area contributed by atoms with E-state index >= 15 is 0 Å². The number of hydrogen-bond donors (Lipinski definition) is 0. The van der Waals surface area contributed by atoms with Crippen LogP contribution in [-0.2, 0) is 6.54 Å². The third-order valence-corrected chi connectivity index (χ3v) is 5.52. The van der Waals surface area contributed by atoms with Crippen LogP contribution in [0.3, 0.4) is 0 Å². The Labute approximate surface area is 173 Å². The topological polar surface area (TPSA) is 47.7 Å². The average molecular weight is 395 g/mol. The van der Waals surface area contributed by atoms with Crippen molar-refractivity contribution in [3.05, 3.63) is 64.5 Å². The molecule has 0 aliphatic rings. The fourth-order valence-electron chi connectivity index (χ4n) is 3.44. The molecule has 0 aliphatic heterocycles. The van der Waals surface area contributed by atoms with E-state index in [1.54, 1.807) is 14.2 Å². The normalized spacial score (nSPS) is 12.3. The highest BCUT2D eigenvalue weighted by atomic mass is 16.5. The monoisotopic (exact) mass is 394 g/mol. The molecule has 0 bridgehead atoms. The van der Waals surface area contributed by atoms with Crippen LogP contribution in [0.1, 0.15) is 41.1 Å². The molecule has 0 saturated heterocycles. The molecule has 0 N–H and O–H groups in total. The number of nitrogens with zero attached hydrogens (tertiary/aromatic N) is 2. The minimum absolute atomic E-state index is 0.241. The molecule has 0 aliphatic carbocycles. The number of ether oxygens (including phenoxy) is 2. The Bertz CT molecular complexity index is 977. The van der Waals surface area contributed by atoms with Gasteiger partial charge in [0.2, 0.25) is 5.89 Å². The molecule has 0 fully saturated rings. The lowest BCUT2D eigenvalue weighted by molar-refractivity contribution is 0.249. The van der Waals surface area contributed by atoms with Crippen LogP contribution in [0.25, 0.3) is 11.5 Å². The van der Waals surface area contributed by atoms with Gasteiger partial charge in [-0.25, -0.2) is 4.98 Å². The van der Waals surface area contributed by atoms with Crippen LogP contribution < -0.4 is 9.47 Å². The summed E-state index contributed by atoms with van der Waals surface area (Å²) in [6, 6.07) is 12.5. The lowest BCUT2D eigenvalue weighted by Gasteiger charge is -2.24. The van der Waals surface area contributed by atoms with E-state index < -0.39 is 0 Å². The summed E-state index contributed by atoms with van der Waals surface area (Å²) in [4.78, 5) is 7.08. The van der Waals surface area contributed by atoms with Crippen molar-refractivity contribution in [3.63, 3.8) is 0 Å². The zero-order chi connectivity index (χ0) is 21.1. The molecule has 2 aromatic carbocycles. The van der Waals surface area contributed by atoms with E-state index in [9.17, 15) is 0 Å². The molecule has 29 heavy (non-hydrogen) atoms. The van der Waals surface area contributed by atoms with Crippen LogP contribution in [0.5, 0.6) is 11.5 Å². The van der Waals surface area contributed by atoms with Crippen LogP contribution in [-0.4, -0.2) is 31.2 Å². The van der Waals surface area contributed by atoms with E-state index in [2.05, 4.69) is 37.1 Å². The van der Waals surface area contributed by atoms with E-state index in [1.807, 2.05) is 39.0 Å². The first-order chi connectivity index (χ1) is 13.8. The van der Waals surface area contributed by atoms with Gasteiger partial charge in [-0.15, -0.1) is 0 Å². The van der Waals surface area contributed by atoms with Gasteiger partial charge in [-0.1, -0.05) is 12.1 Å². The van der Waals surface area contributed by atoms with Crippen molar-refractivity contribution in [3.8, 4) is 23.0 Å². The molecule has 0 amide bonds. The number of aromatic nitrogens is 1. The predicted molar refractivity (Wildman–Crippen MR) is 116 cm³/mol. The Hall–Kier alpha value is -2.79. The third kappa shape index (κ3) is 4.46. The summed E-state index contributed by atoms with van der Waals surface area (Å²) in [5, 5.41) is 0. The first kappa shape index (κ1) is 20.9. The molecule has 1 atom stereocenters. The zero-order valence-corrected chi connectivity index (χ0v) is 18.4.